The Balaban J connectivity index is 2.63. The SMILES string of the molecule is O=C(O)c1c(-c2ccc(F)cc2)ccnc1Cl. The number of hydrogen-bond acceptors (Lipinski definition) is 2. The van der Waals surface area contributed by atoms with Crippen LogP contribution in [-0.4, -0.2) is 16.1 Å². The molecular formula is C12H7ClFNO2. The second kappa shape index (κ2) is 4.51. The number of carboxylic acid groups (broad SMARTS) is 1. The zero-order valence-electron chi connectivity index (χ0n) is 8.52. The molecule has 1 heterocycles. The molecule has 0 radical (unpaired) electrons. The Morgan fingerprint density at radius 3 is 2.47 bits per heavy atom. The highest BCUT2D eigenvalue weighted by molar-refractivity contribution is 6.33. The molecule has 5 heteroatoms. The van der Waals surface area contributed by atoms with Crippen LogP contribution in [0.2, 0.25) is 5.15 Å². The zero-order chi connectivity index (χ0) is 12.4. The molecule has 0 bridgehead atoms. The van der Waals surface area contributed by atoms with E-state index in [4.69, 9.17) is 16.7 Å². The number of nitrogens with zero attached hydrogens (tertiary/aromatic N) is 1. The molecule has 86 valence electrons. The van der Waals surface area contributed by atoms with Gasteiger partial charge in [-0.3, -0.25) is 0 Å². The van der Waals surface area contributed by atoms with E-state index < -0.39 is 5.97 Å². The molecule has 0 aliphatic heterocycles. The topological polar surface area (TPSA) is 50.2 Å². The van der Waals surface area contributed by atoms with Crippen LogP contribution in [0.25, 0.3) is 11.1 Å². The van der Waals surface area contributed by atoms with E-state index in [1.165, 1.54) is 36.5 Å². The van der Waals surface area contributed by atoms with Gasteiger partial charge in [0.2, 0.25) is 0 Å². The van der Waals surface area contributed by atoms with Crippen LogP contribution in [0, 0.1) is 5.82 Å². The van der Waals surface area contributed by atoms with E-state index in [9.17, 15) is 9.18 Å². The molecule has 2 aromatic rings. The van der Waals surface area contributed by atoms with Crippen molar-refractivity contribution < 1.29 is 14.3 Å². The minimum atomic E-state index is -1.16. The maximum Gasteiger partial charge on any atom is 0.339 e. The van der Waals surface area contributed by atoms with Crippen LogP contribution in [0.1, 0.15) is 10.4 Å². The van der Waals surface area contributed by atoms with E-state index in [1.807, 2.05) is 0 Å². The lowest BCUT2D eigenvalue weighted by atomic mass is 10.0. The monoisotopic (exact) mass is 251 g/mol. The van der Waals surface area contributed by atoms with Crippen LogP contribution in [-0.2, 0) is 0 Å². The van der Waals surface area contributed by atoms with Gasteiger partial charge < -0.3 is 5.11 Å². The van der Waals surface area contributed by atoms with E-state index in [1.54, 1.807) is 0 Å². The van der Waals surface area contributed by atoms with Crippen LogP contribution in [0.3, 0.4) is 0 Å². The van der Waals surface area contributed by atoms with Crippen molar-refractivity contribution in [3.8, 4) is 11.1 Å². The number of rotatable bonds is 2. The maximum absolute atomic E-state index is 12.8. The molecule has 0 spiro atoms. The van der Waals surface area contributed by atoms with E-state index in [-0.39, 0.29) is 16.5 Å². The zero-order valence-corrected chi connectivity index (χ0v) is 9.28. The maximum atomic E-state index is 12.8. The third kappa shape index (κ3) is 2.26. The molecule has 0 atom stereocenters. The Hall–Kier alpha value is -1.94. The standard InChI is InChI=1S/C12H7ClFNO2/c13-11-10(12(16)17)9(5-6-15-11)7-1-3-8(14)4-2-7/h1-6H,(H,16,17). The van der Waals surface area contributed by atoms with Gasteiger partial charge in [-0.05, 0) is 23.8 Å². The van der Waals surface area contributed by atoms with Gasteiger partial charge in [0.15, 0.2) is 0 Å². The summed E-state index contributed by atoms with van der Waals surface area (Å²) in [5.41, 5.74) is 0.909. The first-order valence-corrected chi connectivity index (χ1v) is 5.11. The second-order valence-corrected chi connectivity index (χ2v) is 3.69. The van der Waals surface area contributed by atoms with Crippen molar-refractivity contribution in [1.82, 2.24) is 4.98 Å². The van der Waals surface area contributed by atoms with Crippen molar-refractivity contribution in [1.29, 1.82) is 0 Å². The number of benzene rings is 1. The highest BCUT2D eigenvalue weighted by atomic mass is 35.5. The highest BCUT2D eigenvalue weighted by Crippen LogP contribution is 2.27. The van der Waals surface area contributed by atoms with Crippen molar-refractivity contribution in [2.24, 2.45) is 0 Å². The molecule has 1 aromatic carbocycles. The Labute approximate surface area is 101 Å². The Kier molecular flexibility index (Phi) is 3.06. The summed E-state index contributed by atoms with van der Waals surface area (Å²) in [5.74, 6) is -1.55. The molecule has 1 N–H and O–H groups in total. The van der Waals surface area contributed by atoms with Crippen molar-refractivity contribution >= 4 is 17.6 Å². The minimum Gasteiger partial charge on any atom is -0.478 e. The van der Waals surface area contributed by atoms with Crippen molar-refractivity contribution in [3.63, 3.8) is 0 Å². The molecule has 0 saturated carbocycles. The van der Waals surface area contributed by atoms with Crippen LogP contribution in [0.4, 0.5) is 4.39 Å². The smallest absolute Gasteiger partial charge is 0.339 e. The van der Waals surface area contributed by atoms with Gasteiger partial charge in [0.1, 0.15) is 16.5 Å². The summed E-state index contributed by atoms with van der Waals surface area (Å²) in [5, 5.41) is 8.98. The molecule has 0 aliphatic rings. The lowest BCUT2D eigenvalue weighted by molar-refractivity contribution is 0.0697. The molecule has 0 amide bonds. The molecule has 0 unspecified atom stereocenters. The quantitative estimate of drug-likeness (QED) is 0.834. The summed E-state index contributed by atoms with van der Waals surface area (Å²) < 4.78 is 12.8. The molecule has 0 aliphatic carbocycles. The predicted molar refractivity (Wildman–Crippen MR) is 61.6 cm³/mol. The lowest BCUT2D eigenvalue weighted by Gasteiger charge is -2.07. The van der Waals surface area contributed by atoms with Gasteiger partial charge in [-0.1, -0.05) is 23.7 Å². The number of carbonyl (C=O) groups is 1. The summed E-state index contributed by atoms with van der Waals surface area (Å²) in [4.78, 5) is 14.8. The van der Waals surface area contributed by atoms with E-state index >= 15 is 0 Å². The third-order valence-corrected chi connectivity index (χ3v) is 2.56. The van der Waals surface area contributed by atoms with Gasteiger partial charge in [-0.2, -0.15) is 0 Å². The highest BCUT2D eigenvalue weighted by Gasteiger charge is 2.16. The van der Waals surface area contributed by atoms with Gasteiger partial charge in [0, 0.05) is 11.8 Å². The van der Waals surface area contributed by atoms with Gasteiger partial charge in [0.25, 0.3) is 0 Å². The van der Waals surface area contributed by atoms with Crippen LogP contribution < -0.4 is 0 Å². The van der Waals surface area contributed by atoms with Crippen LogP contribution >= 0.6 is 11.6 Å². The van der Waals surface area contributed by atoms with E-state index in [0.717, 1.165) is 0 Å². The summed E-state index contributed by atoms with van der Waals surface area (Å²) in [7, 11) is 0. The minimum absolute atomic E-state index is 0.0826. The lowest BCUT2D eigenvalue weighted by Crippen LogP contribution is -2.02. The van der Waals surface area contributed by atoms with Gasteiger partial charge in [0.05, 0.1) is 0 Å². The average Bonchev–Trinajstić information content (AvgIpc) is 2.29. The predicted octanol–water partition coefficient (Wildman–Crippen LogP) is 3.24. The summed E-state index contributed by atoms with van der Waals surface area (Å²) in [6.45, 7) is 0. The second-order valence-electron chi connectivity index (χ2n) is 3.34. The fourth-order valence-corrected chi connectivity index (χ4v) is 1.75. The first-order chi connectivity index (χ1) is 8.09. The summed E-state index contributed by atoms with van der Waals surface area (Å²) >= 11 is 5.74. The molecule has 17 heavy (non-hydrogen) atoms. The van der Waals surface area contributed by atoms with Crippen LogP contribution in [0.5, 0.6) is 0 Å². The Morgan fingerprint density at radius 2 is 1.88 bits per heavy atom. The van der Waals surface area contributed by atoms with Crippen molar-refractivity contribution in [3.05, 3.63) is 53.1 Å². The molecule has 0 saturated heterocycles. The number of hydrogen-bond donors (Lipinski definition) is 1. The van der Waals surface area contributed by atoms with Crippen LogP contribution in [0.15, 0.2) is 36.5 Å². The van der Waals surface area contributed by atoms with Crippen molar-refractivity contribution in [2.45, 2.75) is 0 Å². The molecule has 1 aromatic heterocycles. The Bertz CT molecular complexity index is 569. The molecule has 2 rings (SSSR count). The van der Waals surface area contributed by atoms with E-state index in [0.29, 0.717) is 11.1 Å². The largest absolute Gasteiger partial charge is 0.478 e. The van der Waals surface area contributed by atoms with Gasteiger partial charge >= 0.3 is 5.97 Å². The summed E-state index contributed by atoms with van der Waals surface area (Å²) in [6.07, 6.45) is 1.41. The number of halogens is 2. The number of pyridine rings is 1. The van der Waals surface area contributed by atoms with E-state index in [2.05, 4.69) is 4.98 Å². The Morgan fingerprint density at radius 1 is 1.24 bits per heavy atom. The third-order valence-electron chi connectivity index (χ3n) is 2.27. The first-order valence-electron chi connectivity index (χ1n) is 4.73. The normalized spacial score (nSPS) is 10.2. The van der Waals surface area contributed by atoms with Gasteiger partial charge in [-0.15, -0.1) is 0 Å². The summed E-state index contributed by atoms with van der Waals surface area (Å²) in [6, 6.07) is 7.04. The van der Waals surface area contributed by atoms with Gasteiger partial charge in [-0.25, -0.2) is 14.2 Å². The molecular weight excluding hydrogens is 245 g/mol. The number of carboxylic acids is 1. The number of aromatic carboxylic acids is 1. The fourth-order valence-electron chi connectivity index (χ4n) is 1.51. The average molecular weight is 252 g/mol. The molecule has 3 nitrogen and oxygen atoms in total. The number of aromatic nitrogens is 1. The first kappa shape index (κ1) is 11.5. The molecule has 0 fully saturated rings. The fraction of sp³-hybridized carbons (Fsp3) is 0. The van der Waals surface area contributed by atoms with Crippen molar-refractivity contribution in [2.75, 3.05) is 0 Å².